The highest BCUT2D eigenvalue weighted by Crippen LogP contribution is 2.24. The molecule has 0 aromatic heterocycles. The molecule has 4 heteroatoms. The SMILES string of the molecule is CC(C)N1CCCC(O)(CN2CCN(C)CC2)C1. The van der Waals surface area contributed by atoms with Crippen molar-refractivity contribution in [2.45, 2.75) is 38.3 Å². The van der Waals surface area contributed by atoms with E-state index in [2.05, 4.69) is 35.6 Å². The molecule has 106 valence electrons. The molecule has 1 N–H and O–H groups in total. The first-order chi connectivity index (χ1) is 8.48. The molecule has 0 radical (unpaired) electrons. The summed E-state index contributed by atoms with van der Waals surface area (Å²) in [5, 5.41) is 10.8. The van der Waals surface area contributed by atoms with E-state index in [1.54, 1.807) is 0 Å². The van der Waals surface area contributed by atoms with Crippen LogP contribution < -0.4 is 0 Å². The summed E-state index contributed by atoms with van der Waals surface area (Å²) < 4.78 is 0. The number of β-amino-alcohol motifs (C(OH)–C–C–N with tert-alkyl or cyclic N) is 1. The van der Waals surface area contributed by atoms with Gasteiger partial charge in [0.05, 0.1) is 5.60 Å². The van der Waals surface area contributed by atoms with Gasteiger partial charge in [-0.05, 0) is 40.3 Å². The van der Waals surface area contributed by atoms with E-state index in [1.165, 1.54) is 0 Å². The summed E-state index contributed by atoms with van der Waals surface area (Å²) in [7, 11) is 2.17. The fraction of sp³-hybridized carbons (Fsp3) is 1.00. The van der Waals surface area contributed by atoms with Crippen LogP contribution in [0.1, 0.15) is 26.7 Å². The summed E-state index contributed by atoms with van der Waals surface area (Å²) >= 11 is 0. The zero-order valence-corrected chi connectivity index (χ0v) is 12.2. The van der Waals surface area contributed by atoms with Gasteiger partial charge in [0.25, 0.3) is 0 Å². The fourth-order valence-electron chi connectivity index (χ4n) is 3.14. The Balaban J connectivity index is 1.86. The third kappa shape index (κ3) is 3.67. The first-order valence-corrected chi connectivity index (χ1v) is 7.36. The Morgan fingerprint density at radius 2 is 1.78 bits per heavy atom. The number of aliphatic hydroxyl groups is 1. The number of rotatable bonds is 3. The fourth-order valence-corrected chi connectivity index (χ4v) is 3.14. The molecule has 0 saturated carbocycles. The van der Waals surface area contributed by atoms with E-state index < -0.39 is 5.60 Å². The van der Waals surface area contributed by atoms with Crippen LogP contribution in [0.2, 0.25) is 0 Å². The summed E-state index contributed by atoms with van der Waals surface area (Å²) in [5.41, 5.74) is -0.488. The van der Waals surface area contributed by atoms with Gasteiger partial charge in [0.15, 0.2) is 0 Å². The van der Waals surface area contributed by atoms with Crippen molar-refractivity contribution in [2.24, 2.45) is 0 Å². The summed E-state index contributed by atoms with van der Waals surface area (Å²) in [6.45, 7) is 11.7. The lowest BCUT2D eigenvalue weighted by molar-refractivity contribution is -0.0653. The van der Waals surface area contributed by atoms with Crippen LogP contribution in [-0.2, 0) is 0 Å². The van der Waals surface area contributed by atoms with E-state index >= 15 is 0 Å². The molecule has 2 fully saturated rings. The minimum atomic E-state index is -0.488. The highest BCUT2D eigenvalue weighted by Gasteiger charge is 2.36. The first-order valence-electron chi connectivity index (χ1n) is 7.36. The van der Waals surface area contributed by atoms with Gasteiger partial charge < -0.3 is 10.0 Å². The minimum absolute atomic E-state index is 0.488. The Hall–Kier alpha value is -0.160. The van der Waals surface area contributed by atoms with Crippen LogP contribution >= 0.6 is 0 Å². The van der Waals surface area contributed by atoms with Crippen LogP contribution in [0.25, 0.3) is 0 Å². The minimum Gasteiger partial charge on any atom is -0.387 e. The number of piperazine rings is 1. The Labute approximate surface area is 112 Å². The molecule has 2 rings (SSSR count). The van der Waals surface area contributed by atoms with Crippen molar-refractivity contribution in [3.8, 4) is 0 Å². The van der Waals surface area contributed by atoms with Crippen LogP contribution in [-0.4, -0.2) is 84.3 Å². The number of hydrogen-bond acceptors (Lipinski definition) is 4. The molecule has 0 aromatic carbocycles. The maximum absolute atomic E-state index is 10.8. The first kappa shape index (κ1) is 14.3. The van der Waals surface area contributed by atoms with Crippen molar-refractivity contribution in [1.29, 1.82) is 0 Å². The predicted molar refractivity (Wildman–Crippen MR) is 74.8 cm³/mol. The number of likely N-dealkylation sites (N-methyl/N-ethyl adjacent to an activating group) is 1. The predicted octanol–water partition coefficient (Wildman–Crippen LogP) is 0.469. The van der Waals surface area contributed by atoms with Crippen molar-refractivity contribution in [2.75, 3.05) is 52.9 Å². The zero-order valence-electron chi connectivity index (χ0n) is 12.2. The number of likely N-dealkylation sites (tertiary alicyclic amines) is 1. The molecule has 2 heterocycles. The normalized spacial score (nSPS) is 33.2. The summed E-state index contributed by atoms with van der Waals surface area (Å²) in [4.78, 5) is 7.21. The van der Waals surface area contributed by atoms with Gasteiger partial charge in [-0.1, -0.05) is 0 Å². The van der Waals surface area contributed by atoms with Gasteiger partial charge in [-0.2, -0.15) is 0 Å². The van der Waals surface area contributed by atoms with E-state index in [0.717, 1.165) is 58.7 Å². The van der Waals surface area contributed by atoms with Gasteiger partial charge in [0.1, 0.15) is 0 Å². The standard InChI is InChI=1S/C14H29N3O/c1-13(2)17-6-4-5-14(18,12-17)11-16-9-7-15(3)8-10-16/h13,18H,4-12H2,1-3H3. The second kappa shape index (κ2) is 5.87. The quantitative estimate of drug-likeness (QED) is 0.794. The molecule has 0 aliphatic carbocycles. The maximum atomic E-state index is 10.8. The zero-order chi connectivity index (χ0) is 13.2. The molecule has 18 heavy (non-hydrogen) atoms. The van der Waals surface area contributed by atoms with E-state index in [-0.39, 0.29) is 0 Å². The van der Waals surface area contributed by atoms with Gasteiger partial charge in [0, 0.05) is 45.3 Å². The molecule has 0 bridgehead atoms. The molecular weight excluding hydrogens is 226 g/mol. The van der Waals surface area contributed by atoms with Gasteiger partial charge in [-0.25, -0.2) is 0 Å². The molecule has 0 amide bonds. The van der Waals surface area contributed by atoms with E-state index in [4.69, 9.17) is 0 Å². The van der Waals surface area contributed by atoms with E-state index in [1.807, 2.05) is 0 Å². The van der Waals surface area contributed by atoms with Crippen molar-refractivity contribution in [3.63, 3.8) is 0 Å². The third-order valence-corrected chi connectivity index (χ3v) is 4.43. The molecule has 0 aromatic rings. The lowest BCUT2D eigenvalue weighted by atomic mass is 9.91. The molecule has 4 nitrogen and oxygen atoms in total. The topological polar surface area (TPSA) is 30.0 Å². The average Bonchev–Trinajstić information content (AvgIpc) is 2.32. The maximum Gasteiger partial charge on any atom is 0.0900 e. The van der Waals surface area contributed by atoms with Crippen LogP contribution in [0.4, 0.5) is 0 Å². The summed E-state index contributed by atoms with van der Waals surface area (Å²) in [5.74, 6) is 0. The Bertz CT molecular complexity index is 264. The Morgan fingerprint density at radius 1 is 1.11 bits per heavy atom. The molecule has 2 aliphatic heterocycles. The number of piperidine rings is 1. The molecule has 0 spiro atoms. The number of hydrogen-bond donors (Lipinski definition) is 1. The van der Waals surface area contributed by atoms with Crippen molar-refractivity contribution in [1.82, 2.24) is 14.7 Å². The lowest BCUT2D eigenvalue weighted by Gasteiger charge is -2.44. The van der Waals surface area contributed by atoms with Gasteiger partial charge >= 0.3 is 0 Å². The third-order valence-electron chi connectivity index (χ3n) is 4.43. The van der Waals surface area contributed by atoms with Crippen LogP contribution in [0, 0.1) is 0 Å². The Kier molecular flexibility index (Phi) is 4.64. The molecular formula is C14H29N3O. The van der Waals surface area contributed by atoms with Crippen LogP contribution in [0.3, 0.4) is 0 Å². The smallest absolute Gasteiger partial charge is 0.0900 e. The molecule has 2 saturated heterocycles. The van der Waals surface area contributed by atoms with Gasteiger partial charge in [-0.15, -0.1) is 0 Å². The van der Waals surface area contributed by atoms with E-state index in [0.29, 0.717) is 6.04 Å². The molecule has 1 atom stereocenters. The summed E-state index contributed by atoms with van der Waals surface area (Å²) in [6.07, 6.45) is 2.09. The average molecular weight is 255 g/mol. The molecule has 1 unspecified atom stereocenters. The Morgan fingerprint density at radius 3 is 2.39 bits per heavy atom. The van der Waals surface area contributed by atoms with Crippen molar-refractivity contribution < 1.29 is 5.11 Å². The van der Waals surface area contributed by atoms with Crippen LogP contribution in [0.15, 0.2) is 0 Å². The van der Waals surface area contributed by atoms with Gasteiger partial charge in [0.2, 0.25) is 0 Å². The largest absolute Gasteiger partial charge is 0.387 e. The highest BCUT2D eigenvalue weighted by atomic mass is 16.3. The van der Waals surface area contributed by atoms with Crippen LogP contribution in [0.5, 0.6) is 0 Å². The number of nitrogens with zero attached hydrogens (tertiary/aromatic N) is 3. The van der Waals surface area contributed by atoms with Crippen molar-refractivity contribution in [3.05, 3.63) is 0 Å². The van der Waals surface area contributed by atoms with Gasteiger partial charge in [-0.3, -0.25) is 9.80 Å². The highest BCUT2D eigenvalue weighted by molar-refractivity contribution is 4.91. The molecule has 2 aliphatic rings. The second-order valence-corrected chi connectivity index (χ2v) is 6.47. The van der Waals surface area contributed by atoms with Crippen molar-refractivity contribution >= 4 is 0 Å². The summed E-state index contributed by atoms with van der Waals surface area (Å²) in [6, 6.07) is 0.546. The second-order valence-electron chi connectivity index (χ2n) is 6.47. The van der Waals surface area contributed by atoms with E-state index in [9.17, 15) is 5.11 Å². The lowest BCUT2D eigenvalue weighted by Crippen LogP contribution is -2.58. The monoisotopic (exact) mass is 255 g/mol.